The number of nitrogens with zero attached hydrogens (tertiary/aromatic N) is 8. The van der Waals surface area contributed by atoms with Gasteiger partial charge in [-0.1, -0.05) is 218 Å². The Hall–Kier alpha value is -15.3. The third-order valence-electron chi connectivity index (χ3n) is 21.8. The number of ketones is 2. The number of fused-ring (bicyclic) bond motifs is 8. The SMILES string of the molecule is CC(=O)C=C(C)O.CC(=O)C=C(C)O.Cc1[c-]c(-c2ccc3cc(F)c(C)cc3n2)cc(C)c1.Cc1cc(-c2nccc3ccccc23)[c-]cc1F.Cc1ccnc(-c2[c-]ccc3c2oc2ccccc23)c1.[Ir].[Ir].[Ir].[Ir].[Ir].[c-]1ccc2c(oc3ccccc32)c1-c1ccccn1.[c-]1ccccc1-c1cc(-c2ccccc2)ccn1.[c-]1ccccc1-c1ccccn1.[c-]1ccccc1-c1ccccn1.[c-]1ccccc1-c1ccccn1. The summed E-state index contributed by atoms with van der Waals surface area (Å²) in [5.41, 5.74) is 26.5. The zero-order chi connectivity index (χ0) is 102. The van der Waals surface area contributed by atoms with Crippen LogP contribution in [0.4, 0.5) is 8.78 Å². The number of halogens is 2. The molecule has 2 N–H and O–H groups in total. The Bertz CT molecular complexity index is 7860. The first-order chi connectivity index (χ1) is 70.6. The van der Waals surface area contributed by atoms with Crippen LogP contribution in [0, 0.1) is 94.8 Å². The molecule has 0 fully saturated rings. The monoisotopic (exact) mass is 2860 g/mol. The van der Waals surface area contributed by atoms with Crippen LogP contribution in [0.25, 0.3) is 167 Å². The Kier molecular flexibility index (Phi) is 48.0. The maximum Gasteiger partial charge on any atom is 0.155 e. The van der Waals surface area contributed by atoms with Gasteiger partial charge in [-0.2, -0.15) is 0 Å². The summed E-state index contributed by atoms with van der Waals surface area (Å²) in [7, 11) is 0. The summed E-state index contributed by atoms with van der Waals surface area (Å²) < 4.78 is 38.8. The summed E-state index contributed by atoms with van der Waals surface area (Å²) in [6.45, 7) is 15.3. The van der Waals surface area contributed by atoms with Gasteiger partial charge in [-0.25, -0.2) is 4.39 Å². The second-order valence-electron chi connectivity index (χ2n) is 33.2. The van der Waals surface area contributed by atoms with Crippen molar-refractivity contribution >= 4 is 77.1 Å². The number of carbonyl (C=O) groups is 2. The molecule has 5 radical (unpaired) electrons. The summed E-state index contributed by atoms with van der Waals surface area (Å²) in [5, 5.41) is 24.2. The van der Waals surface area contributed by atoms with Gasteiger partial charge in [-0.15, -0.1) is 239 Å². The molecule has 0 aliphatic carbocycles. The Morgan fingerprint density at radius 1 is 0.300 bits per heavy atom. The predicted molar refractivity (Wildman–Crippen MR) is 581 cm³/mol. The predicted octanol–water partition coefficient (Wildman–Crippen LogP) is 32.0. The van der Waals surface area contributed by atoms with E-state index in [0.29, 0.717) is 11.1 Å². The Balaban J connectivity index is 0.000000187. The maximum absolute atomic E-state index is 13.5. The van der Waals surface area contributed by atoms with Gasteiger partial charge in [0.05, 0.1) is 28.2 Å². The number of carbonyl (C=O) groups excluding carboxylic acids is 2. The van der Waals surface area contributed by atoms with Gasteiger partial charge in [-0.05, 0) is 181 Å². The standard InChI is InChI=1S/C18H15FN.C18H12NO.C17H10NO.C17H12N.C16H11FN.3C11H8N.2C5H8O2.5Ir/c1-11-6-12(2)8-15(7-11)17-5-4-14-10-16(19)13(3)9-18(14)20-17;1-12-9-10-19-16(11-12)15-7-4-6-14-13-5-2-3-8-17(13)20-18(14)15;1-2-10-16-12(6-1)13-7-5-8-14(17(13)19-16)15-9-3-4-11-18-15;1-3-7-14(8-4-1)16-11-12-18-17(13-16)15-9-5-2-6-10-15;1-11-10-13(6-7-15(11)17)16-14-5-3-2-4-12(14)8-9-18-16;3*1-2-6-10(7-3-1)11-8-4-5-9-12-11;2*1-4(6)3-5(2)7;;;;;/h4-7,9-10H,1-3H3;2-6,8-11H,1H3;1-7,9-11H;1-9,11-13H;2-5,7-10H,1H3;3*1-6,8-9H;2*3,6H,1-2H3;;;;;/q8*-1;;;;;;;. The molecular formula is C129H100F2Ir5N8O6-8. The van der Waals surface area contributed by atoms with Crippen LogP contribution < -0.4 is 0 Å². The van der Waals surface area contributed by atoms with Crippen molar-refractivity contribution < 1.29 is 138 Å². The molecule has 759 valence electrons. The van der Waals surface area contributed by atoms with Crippen molar-refractivity contribution in [1.29, 1.82) is 0 Å². The van der Waals surface area contributed by atoms with E-state index in [-0.39, 0.29) is 135 Å². The molecule has 0 saturated heterocycles. The molecule has 14 nitrogen and oxygen atoms in total. The van der Waals surface area contributed by atoms with Crippen molar-refractivity contribution in [2.45, 2.75) is 62.3 Å². The average Bonchev–Trinajstić information content (AvgIpc) is 1.62. The number of rotatable bonds is 11. The first-order valence-corrected chi connectivity index (χ1v) is 46.6. The second kappa shape index (κ2) is 60.9. The number of aryl methyl sites for hydroxylation is 5. The van der Waals surface area contributed by atoms with Crippen molar-refractivity contribution in [2.75, 3.05) is 0 Å². The fourth-order valence-corrected chi connectivity index (χ4v) is 15.2. The topological polar surface area (TPSA) is 204 Å². The fourth-order valence-electron chi connectivity index (χ4n) is 15.2. The molecule has 10 aromatic heterocycles. The van der Waals surface area contributed by atoms with Crippen LogP contribution in [-0.4, -0.2) is 61.7 Å². The van der Waals surface area contributed by atoms with E-state index in [9.17, 15) is 18.4 Å². The minimum absolute atomic E-state index is 0. The van der Waals surface area contributed by atoms with Gasteiger partial charge >= 0.3 is 0 Å². The first-order valence-electron chi connectivity index (χ1n) is 46.6. The second-order valence-corrected chi connectivity index (χ2v) is 33.2. The molecule has 0 bridgehead atoms. The van der Waals surface area contributed by atoms with E-state index in [2.05, 4.69) is 151 Å². The Morgan fingerprint density at radius 3 is 1.19 bits per heavy atom. The van der Waals surface area contributed by atoms with Crippen LogP contribution in [-0.2, 0) is 110 Å². The number of aliphatic hydroxyl groups is 2. The van der Waals surface area contributed by atoms with Crippen LogP contribution in [0.5, 0.6) is 0 Å². The van der Waals surface area contributed by atoms with Gasteiger partial charge in [0, 0.05) is 178 Å². The number of hydrogen-bond donors (Lipinski definition) is 2. The molecule has 10 heterocycles. The number of allylic oxidation sites excluding steroid dienone is 4. The van der Waals surface area contributed by atoms with Gasteiger partial charge in [0.25, 0.3) is 0 Å². The van der Waals surface area contributed by atoms with E-state index in [0.717, 1.165) is 161 Å². The largest absolute Gasteiger partial charge is 0.512 e. The number of pyridine rings is 8. The van der Waals surface area contributed by atoms with E-state index in [1.165, 1.54) is 74.2 Å². The number of hydrogen-bond acceptors (Lipinski definition) is 14. The number of furan rings is 2. The fraction of sp³-hybridized carbons (Fsp3) is 0.0698. The molecule has 0 amide bonds. The maximum atomic E-state index is 13.5. The molecule has 21 heteroatoms. The summed E-state index contributed by atoms with van der Waals surface area (Å²) in [6, 6.07) is 147. The normalized spacial score (nSPS) is 10.3. The van der Waals surface area contributed by atoms with E-state index in [1.54, 1.807) is 57.0 Å². The van der Waals surface area contributed by atoms with Gasteiger partial charge in [-0.3, -0.25) is 19.0 Å². The molecule has 0 aliphatic rings. The number of aromatic nitrogens is 8. The van der Waals surface area contributed by atoms with Gasteiger partial charge < -0.3 is 53.9 Å². The summed E-state index contributed by atoms with van der Waals surface area (Å²) in [4.78, 5) is 54.9. The molecule has 150 heavy (non-hydrogen) atoms. The zero-order valence-corrected chi connectivity index (χ0v) is 95.0. The third kappa shape index (κ3) is 34.7. The molecule has 0 spiro atoms. The van der Waals surface area contributed by atoms with Crippen molar-refractivity contribution in [3.8, 4) is 101 Å². The summed E-state index contributed by atoms with van der Waals surface area (Å²) in [5.74, 6) is -0.552. The van der Waals surface area contributed by atoms with Gasteiger partial charge in [0.2, 0.25) is 0 Å². The smallest absolute Gasteiger partial charge is 0.155 e. The first kappa shape index (κ1) is 118. The van der Waals surface area contributed by atoms with E-state index < -0.39 is 0 Å². The van der Waals surface area contributed by atoms with Gasteiger partial charge in [0.1, 0.15) is 17.0 Å². The third-order valence-corrected chi connectivity index (χ3v) is 21.8. The van der Waals surface area contributed by atoms with Crippen LogP contribution in [0.1, 0.15) is 55.5 Å². The minimum Gasteiger partial charge on any atom is -0.512 e. The number of para-hydroxylation sites is 2. The zero-order valence-electron chi connectivity index (χ0n) is 83.0. The van der Waals surface area contributed by atoms with Crippen molar-refractivity contribution in [3.05, 3.63) is 531 Å². The van der Waals surface area contributed by atoms with E-state index >= 15 is 0 Å². The van der Waals surface area contributed by atoms with Crippen LogP contribution in [0.3, 0.4) is 0 Å². The van der Waals surface area contributed by atoms with Crippen molar-refractivity contribution in [1.82, 2.24) is 39.9 Å². The molecule has 0 saturated carbocycles. The molecule has 0 atom stereocenters. The summed E-state index contributed by atoms with van der Waals surface area (Å²) >= 11 is 0. The molecular weight excluding hydrogens is 2760 g/mol. The Morgan fingerprint density at radius 2 is 0.733 bits per heavy atom. The van der Waals surface area contributed by atoms with Crippen LogP contribution >= 0.6 is 0 Å². The van der Waals surface area contributed by atoms with E-state index in [1.807, 2.05) is 323 Å². The van der Waals surface area contributed by atoms with Crippen molar-refractivity contribution in [3.63, 3.8) is 0 Å². The minimum atomic E-state index is -0.237. The number of benzene rings is 13. The van der Waals surface area contributed by atoms with Crippen LogP contribution in [0.2, 0.25) is 0 Å². The molecule has 0 unspecified atom stereocenters. The average molecular weight is 2860 g/mol. The summed E-state index contributed by atoms with van der Waals surface area (Å²) in [6.07, 6.45) is 14.9. The molecule has 23 rings (SSSR count). The van der Waals surface area contributed by atoms with E-state index in [4.69, 9.17) is 19.0 Å². The Labute approximate surface area is 941 Å². The molecule has 23 aromatic rings. The van der Waals surface area contributed by atoms with Crippen molar-refractivity contribution in [2.24, 2.45) is 0 Å². The number of aliphatic hydroxyl groups excluding tert-OH is 2. The van der Waals surface area contributed by atoms with Gasteiger partial charge in [0.15, 0.2) is 11.6 Å². The molecule has 13 aromatic carbocycles. The molecule has 0 aliphatic heterocycles. The van der Waals surface area contributed by atoms with Crippen LogP contribution in [0.15, 0.2) is 452 Å². The quantitative estimate of drug-likeness (QED) is 0.0703.